The fraction of sp³-hybridized carbons (Fsp3) is 0.235. The molecule has 1 aromatic heterocycles. The van der Waals surface area contributed by atoms with E-state index >= 15 is 0 Å². The Labute approximate surface area is 128 Å². The maximum atomic E-state index is 12.0. The monoisotopic (exact) mass is 299 g/mol. The molecule has 0 bridgehead atoms. The van der Waals surface area contributed by atoms with Crippen molar-refractivity contribution in [2.45, 2.75) is 19.4 Å². The first-order chi connectivity index (χ1) is 10.2. The van der Waals surface area contributed by atoms with E-state index in [1.54, 1.807) is 11.3 Å². The second kappa shape index (κ2) is 7.63. The zero-order chi connectivity index (χ0) is 15.1. The van der Waals surface area contributed by atoms with Crippen LogP contribution < -0.4 is 5.32 Å². The molecule has 21 heavy (non-hydrogen) atoms. The molecule has 1 amide bonds. The summed E-state index contributed by atoms with van der Waals surface area (Å²) in [6.45, 7) is 1.79. The summed E-state index contributed by atoms with van der Waals surface area (Å²) in [5, 5.41) is 13.7. The Balaban J connectivity index is 1.99. The summed E-state index contributed by atoms with van der Waals surface area (Å²) in [4.78, 5) is 13.0. The highest BCUT2D eigenvalue weighted by molar-refractivity contribution is 7.10. The normalized spacial score (nSPS) is 11.3. The van der Waals surface area contributed by atoms with Crippen molar-refractivity contribution in [3.05, 3.63) is 57.8 Å². The van der Waals surface area contributed by atoms with Gasteiger partial charge in [0.1, 0.15) is 6.61 Å². The number of amides is 1. The summed E-state index contributed by atoms with van der Waals surface area (Å²) >= 11 is 1.58. The Morgan fingerprint density at radius 2 is 2.24 bits per heavy atom. The van der Waals surface area contributed by atoms with Gasteiger partial charge in [0.05, 0.1) is 12.5 Å². The van der Waals surface area contributed by atoms with Crippen molar-refractivity contribution >= 4 is 17.2 Å². The largest absolute Gasteiger partial charge is 0.384 e. The lowest BCUT2D eigenvalue weighted by molar-refractivity contribution is -0.121. The lowest BCUT2D eigenvalue weighted by Gasteiger charge is -2.14. The molecule has 0 saturated carbocycles. The molecule has 1 atom stereocenters. The Morgan fingerprint density at radius 1 is 1.38 bits per heavy atom. The topological polar surface area (TPSA) is 49.3 Å². The van der Waals surface area contributed by atoms with Gasteiger partial charge < -0.3 is 10.4 Å². The van der Waals surface area contributed by atoms with E-state index in [1.807, 2.05) is 48.7 Å². The number of hydrogen-bond acceptors (Lipinski definition) is 3. The first-order valence-electron chi connectivity index (χ1n) is 6.70. The van der Waals surface area contributed by atoms with Gasteiger partial charge in [0.2, 0.25) is 5.91 Å². The second-order valence-electron chi connectivity index (χ2n) is 4.63. The van der Waals surface area contributed by atoms with E-state index < -0.39 is 0 Å². The first kappa shape index (κ1) is 15.3. The summed E-state index contributed by atoms with van der Waals surface area (Å²) in [5.41, 5.74) is 1.83. The minimum absolute atomic E-state index is 0.0109. The van der Waals surface area contributed by atoms with E-state index in [1.165, 1.54) is 0 Å². The molecule has 2 rings (SSSR count). The molecule has 108 valence electrons. The van der Waals surface area contributed by atoms with Crippen molar-refractivity contribution in [2.24, 2.45) is 0 Å². The molecule has 0 aliphatic heterocycles. The van der Waals surface area contributed by atoms with Crippen LogP contribution in [0.15, 0.2) is 41.8 Å². The molecular formula is C17H17NO2S. The number of nitrogens with one attached hydrogen (secondary N) is 1. The van der Waals surface area contributed by atoms with E-state index in [4.69, 9.17) is 5.11 Å². The fourth-order valence-corrected chi connectivity index (χ4v) is 2.68. The summed E-state index contributed by atoms with van der Waals surface area (Å²) < 4.78 is 0. The van der Waals surface area contributed by atoms with Crippen LogP contribution in [0.5, 0.6) is 0 Å². The molecule has 0 fully saturated rings. The van der Waals surface area contributed by atoms with Gasteiger partial charge in [-0.25, -0.2) is 0 Å². The standard InChI is InChI=1S/C17H17NO2S/c1-13(18-17(20)12-16-8-4-10-21-16)15-7-2-5-14(11-15)6-3-9-19/h2,4-5,7-8,10-11,13,19H,9,12H2,1H3,(H,18,20). The third kappa shape index (κ3) is 4.75. The van der Waals surface area contributed by atoms with Crippen LogP contribution in [0.3, 0.4) is 0 Å². The fourth-order valence-electron chi connectivity index (χ4n) is 1.97. The van der Waals surface area contributed by atoms with Gasteiger partial charge in [-0.1, -0.05) is 30.0 Å². The maximum absolute atomic E-state index is 12.0. The lowest BCUT2D eigenvalue weighted by atomic mass is 10.1. The van der Waals surface area contributed by atoms with Crippen LogP contribution in [0.1, 0.15) is 29.0 Å². The number of aliphatic hydroxyl groups excluding tert-OH is 1. The van der Waals surface area contributed by atoms with E-state index in [0.717, 1.165) is 16.0 Å². The molecule has 0 saturated heterocycles. The summed E-state index contributed by atoms with van der Waals surface area (Å²) in [7, 11) is 0. The number of benzene rings is 1. The number of carbonyl (C=O) groups is 1. The molecule has 0 aliphatic carbocycles. The average Bonchev–Trinajstić information content (AvgIpc) is 2.98. The molecule has 4 heteroatoms. The summed E-state index contributed by atoms with van der Waals surface area (Å²) in [5.74, 6) is 5.50. The molecule has 0 spiro atoms. The highest BCUT2D eigenvalue weighted by atomic mass is 32.1. The minimum Gasteiger partial charge on any atom is -0.384 e. The van der Waals surface area contributed by atoms with Crippen molar-refractivity contribution in [1.82, 2.24) is 5.32 Å². The quantitative estimate of drug-likeness (QED) is 0.852. The van der Waals surface area contributed by atoms with E-state index in [-0.39, 0.29) is 18.6 Å². The molecular weight excluding hydrogens is 282 g/mol. The van der Waals surface area contributed by atoms with Crippen LogP contribution in [0.2, 0.25) is 0 Å². The Morgan fingerprint density at radius 3 is 2.95 bits per heavy atom. The zero-order valence-corrected chi connectivity index (χ0v) is 12.6. The Kier molecular flexibility index (Phi) is 5.56. The van der Waals surface area contributed by atoms with Crippen LogP contribution >= 0.6 is 11.3 Å². The molecule has 0 radical (unpaired) electrons. The van der Waals surface area contributed by atoms with Gasteiger partial charge in [0, 0.05) is 10.4 Å². The van der Waals surface area contributed by atoms with Gasteiger partial charge in [-0.3, -0.25) is 4.79 Å². The van der Waals surface area contributed by atoms with Gasteiger partial charge in [-0.2, -0.15) is 0 Å². The Hall–Kier alpha value is -2.09. The average molecular weight is 299 g/mol. The first-order valence-corrected chi connectivity index (χ1v) is 7.58. The molecule has 1 heterocycles. The zero-order valence-electron chi connectivity index (χ0n) is 11.8. The molecule has 1 aromatic carbocycles. The second-order valence-corrected chi connectivity index (χ2v) is 5.66. The molecule has 2 N–H and O–H groups in total. The predicted octanol–water partition coefficient (Wildman–Crippen LogP) is 2.51. The predicted molar refractivity (Wildman–Crippen MR) is 85.0 cm³/mol. The smallest absolute Gasteiger partial charge is 0.225 e. The van der Waals surface area contributed by atoms with Gasteiger partial charge >= 0.3 is 0 Å². The van der Waals surface area contributed by atoms with Crippen molar-refractivity contribution in [3.63, 3.8) is 0 Å². The van der Waals surface area contributed by atoms with Crippen LogP contribution in [-0.4, -0.2) is 17.6 Å². The van der Waals surface area contributed by atoms with E-state index in [0.29, 0.717) is 6.42 Å². The van der Waals surface area contributed by atoms with Crippen molar-refractivity contribution in [3.8, 4) is 11.8 Å². The minimum atomic E-state index is -0.155. The van der Waals surface area contributed by atoms with Crippen LogP contribution in [0.4, 0.5) is 0 Å². The lowest BCUT2D eigenvalue weighted by Crippen LogP contribution is -2.27. The van der Waals surface area contributed by atoms with Gasteiger partial charge in [-0.05, 0) is 36.1 Å². The third-order valence-corrected chi connectivity index (χ3v) is 3.87. The molecule has 2 aromatic rings. The van der Waals surface area contributed by atoms with Gasteiger partial charge in [0.15, 0.2) is 0 Å². The highest BCUT2D eigenvalue weighted by Gasteiger charge is 2.10. The number of carbonyl (C=O) groups excluding carboxylic acids is 1. The van der Waals surface area contributed by atoms with Crippen LogP contribution in [0, 0.1) is 11.8 Å². The SMILES string of the molecule is CC(NC(=O)Cc1cccs1)c1cccc(C#CCO)c1. The van der Waals surface area contributed by atoms with E-state index in [2.05, 4.69) is 17.2 Å². The van der Waals surface area contributed by atoms with Crippen LogP contribution in [-0.2, 0) is 11.2 Å². The highest BCUT2D eigenvalue weighted by Crippen LogP contribution is 2.15. The van der Waals surface area contributed by atoms with Crippen LogP contribution in [0.25, 0.3) is 0 Å². The van der Waals surface area contributed by atoms with Gasteiger partial charge in [0.25, 0.3) is 0 Å². The number of hydrogen-bond donors (Lipinski definition) is 2. The van der Waals surface area contributed by atoms with Gasteiger partial charge in [-0.15, -0.1) is 11.3 Å². The van der Waals surface area contributed by atoms with Crippen molar-refractivity contribution < 1.29 is 9.90 Å². The van der Waals surface area contributed by atoms with Crippen molar-refractivity contribution in [1.29, 1.82) is 0 Å². The third-order valence-electron chi connectivity index (χ3n) is 2.99. The number of thiophene rings is 1. The summed E-state index contributed by atoms with van der Waals surface area (Å²) in [6, 6.07) is 11.5. The summed E-state index contributed by atoms with van der Waals surface area (Å²) in [6.07, 6.45) is 0.409. The number of aliphatic hydroxyl groups is 1. The molecule has 1 unspecified atom stereocenters. The number of rotatable bonds is 4. The van der Waals surface area contributed by atoms with E-state index in [9.17, 15) is 4.79 Å². The molecule has 0 aliphatic rings. The molecule has 3 nitrogen and oxygen atoms in total. The van der Waals surface area contributed by atoms with Crippen molar-refractivity contribution in [2.75, 3.05) is 6.61 Å². The Bertz CT molecular complexity index is 653. The maximum Gasteiger partial charge on any atom is 0.225 e.